The van der Waals surface area contributed by atoms with Crippen molar-refractivity contribution in [1.29, 1.82) is 0 Å². The van der Waals surface area contributed by atoms with Gasteiger partial charge < -0.3 is 35.1 Å². The van der Waals surface area contributed by atoms with Gasteiger partial charge in [0.1, 0.15) is 24.4 Å². The smallest absolute Gasteiger partial charge is 0.305 e. The third-order valence-corrected chi connectivity index (χ3v) is 5.63. The van der Waals surface area contributed by atoms with E-state index in [1.807, 2.05) is 0 Å². The zero-order valence-electron chi connectivity index (χ0n) is 20.9. The number of ether oxygens (including phenoxy) is 1. The number of hydrogen-bond acceptors (Lipinski definition) is 8. The molecule has 0 unspecified atom stereocenters. The second-order valence-electron chi connectivity index (χ2n) is 8.63. The lowest BCUT2D eigenvalue weighted by Gasteiger charge is -2.22. The van der Waals surface area contributed by atoms with E-state index in [2.05, 4.69) is 11.7 Å². The second kappa shape index (κ2) is 25.6. The Hall–Kier alpha value is -1.06. The van der Waals surface area contributed by atoms with Crippen LogP contribution >= 0.6 is 0 Å². The normalized spacial score (nSPS) is 14.5. The van der Waals surface area contributed by atoms with Crippen molar-refractivity contribution in [3.8, 4) is 0 Å². The lowest BCUT2D eigenvalue weighted by atomic mass is 10.0. The number of carbonyl (C=O) groups is 2. The molecule has 0 aromatic rings. The fourth-order valence-corrected chi connectivity index (χ4v) is 3.36. The first-order valence-corrected chi connectivity index (χ1v) is 12.7. The first-order valence-electron chi connectivity index (χ1n) is 12.7. The van der Waals surface area contributed by atoms with Crippen LogP contribution in [-0.4, -0.2) is 75.9 Å². The number of methoxy groups -OCH3 is 1. The van der Waals surface area contributed by atoms with Crippen LogP contribution in [0.3, 0.4) is 0 Å². The van der Waals surface area contributed by atoms with E-state index in [9.17, 15) is 9.59 Å². The first-order chi connectivity index (χ1) is 15.8. The predicted molar refractivity (Wildman–Crippen MR) is 129 cm³/mol. The molecule has 0 aromatic heterocycles. The molecule has 0 radical (unpaired) electrons. The minimum absolute atomic E-state index is 0.0258. The van der Waals surface area contributed by atoms with Crippen molar-refractivity contribution < 1.29 is 39.9 Å². The molecule has 0 aromatic carbocycles. The highest BCUT2D eigenvalue weighted by Crippen LogP contribution is 2.13. The molecule has 8 nitrogen and oxygen atoms in total. The molecular weight excluding hydrogens is 428 g/mol. The molecule has 0 saturated heterocycles. The van der Waals surface area contributed by atoms with Crippen LogP contribution in [0.25, 0.3) is 0 Å². The third kappa shape index (κ3) is 22.5. The van der Waals surface area contributed by atoms with E-state index < -0.39 is 31.0 Å². The SMILES string of the molecule is CCCCCCCCCCCCCCCCCC(=O)OC.O=C[C@H](O)[C@@H](O)[C@H](O)[C@H](O)CO. The Labute approximate surface area is 200 Å². The molecule has 0 bridgehead atoms. The van der Waals surface area contributed by atoms with Crippen LogP contribution in [0.4, 0.5) is 0 Å². The lowest BCUT2D eigenvalue weighted by Crippen LogP contribution is -2.46. The zero-order valence-corrected chi connectivity index (χ0v) is 20.9. The molecule has 0 saturated carbocycles. The van der Waals surface area contributed by atoms with Crippen molar-refractivity contribution >= 4 is 12.3 Å². The summed E-state index contributed by atoms with van der Waals surface area (Å²) in [6.45, 7) is 1.52. The van der Waals surface area contributed by atoms with E-state index in [4.69, 9.17) is 25.5 Å². The molecule has 0 aliphatic rings. The van der Waals surface area contributed by atoms with Crippen molar-refractivity contribution in [2.45, 2.75) is 134 Å². The van der Waals surface area contributed by atoms with Crippen molar-refractivity contribution in [2.24, 2.45) is 0 Å². The maximum absolute atomic E-state index is 10.9. The highest BCUT2D eigenvalue weighted by molar-refractivity contribution is 5.68. The highest BCUT2D eigenvalue weighted by Gasteiger charge is 2.29. The van der Waals surface area contributed by atoms with Gasteiger partial charge >= 0.3 is 5.97 Å². The summed E-state index contributed by atoms with van der Waals surface area (Å²) in [5.41, 5.74) is 0. The van der Waals surface area contributed by atoms with E-state index in [-0.39, 0.29) is 12.3 Å². The summed E-state index contributed by atoms with van der Waals surface area (Å²) in [4.78, 5) is 20.8. The summed E-state index contributed by atoms with van der Waals surface area (Å²) in [7, 11) is 1.47. The summed E-state index contributed by atoms with van der Waals surface area (Å²) < 4.78 is 4.63. The molecule has 33 heavy (non-hydrogen) atoms. The van der Waals surface area contributed by atoms with Crippen LogP contribution in [0.1, 0.15) is 110 Å². The largest absolute Gasteiger partial charge is 0.469 e. The van der Waals surface area contributed by atoms with Gasteiger partial charge in [0.15, 0.2) is 6.29 Å². The number of esters is 1. The van der Waals surface area contributed by atoms with Crippen LogP contribution in [0.5, 0.6) is 0 Å². The Morgan fingerprint density at radius 2 is 1.12 bits per heavy atom. The third-order valence-electron chi connectivity index (χ3n) is 5.63. The molecule has 8 heteroatoms. The van der Waals surface area contributed by atoms with Gasteiger partial charge in [-0.25, -0.2) is 0 Å². The Morgan fingerprint density at radius 3 is 1.45 bits per heavy atom. The number of aldehydes is 1. The molecular formula is C25H50O8. The van der Waals surface area contributed by atoms with Gasteiger partial charge in [0.05, 0.1) is 13.7 Å². The van der Waals surface area contributed by atoms with Gasteiger partial charge in [-0.2, -0.15) is 0 Å². The Morgan fingerprint density at radius 1 is 0.727 bits per heavy atom. The number of rotatable bonds is 21. The number of unbranched alkanes of at least 4 members (excludes halogenated alkanes) is 14. The molecule has 0 rings (SSSR count). The maximum Gasteiger partial charge on any atom is 0.305 e. The molecule has 0 heterocycles. The van der Waals surface area contributed by atoms with Gasteiger partial charge in [-0.1, -0.05) is 96.8 Å². The van der Waals surface area contributed by atoms with Gasteiger partial charge in [0.2, 0.25) is 0 Å². The molecule has 0 amide bonds. The minimum Gasteiger partial charge on any atom is -0.469 e. The number of aliphatic hydroxyl groups excluding tert-OH is 5. The Kier molecular flexibility index (Phi) is 26.4. The molecule has 0 spiro atoms. The average Bonchev–Trinajstić information content (AvgIpc) is 2.84. The van der Waals surface area contributed by atoms with Gasteiger partial charge in [0.25, 0.3) is 0 Å². The first kappa shape index (κ1) is 34.1. The molecule has 0 aliphatic heterocycles. The van der Waals surface area contributed by atoms with Gasteiger partial charge in [-0.05, 0) is 6.42 Å². The van der Waals surface area contributed by atoms with Gasteiger partial charge in [-0.3, -0.25) is 4.79 Å². The molecule has 4 atom stereocenters. The number of aliphatic hydroxyl groups is 5. The van der Waals surface area contributed by atoms with Gasteiger partial charge in [0, 0.05) is 6.42 Å². The summed E-state index contributed by atoms with van der Waals surface area (Å²) in [6.07, 6.45) is 14.1. The van der Waals surface area contributed by atoms with Crippen molar-refractivity contribution in [1.82, 2.24) is 0 Å². The summed E-state index contributed by atoms with van der Waals surface area (Å²) in [5.74, 6) is -0.0651. The van der Waals surface area contributed by atoms with Gasteiger partial charge in [-0.15, -0.1) is 0 Å². The minimum atomic E-state index is -1.79. The van der Waals surface area contributed by atoms with Crippen molar-refractivity contribution in [2.75, 3.05) is 13.7 Å². The summed E-state index contributed by atoms with van der Waals surface area (Å²) >= 11 is 0. The lowest BCUT2D eigenvalue weighted by molar-refractivity contribution is -0.140. The standard InChI is InChI=1S/C19H38O2.C6H12O6/c1-3-4-5-6-7-8-9-10-11-12-13-14-15-16-17-18-19(20)21-2;7-1-3(9)5(11)6(12)4(10)2-8/h3-18H2,1-2H3;1,3-6,8-12H,2H2/t;3-,4+,5+,6+/m.0/s1. The van der Waals surface area contributed by atoms with E-state index >= 15 is 0 Å². The Balaban J connectivity index is 0. The van der Waals surface area contributed by atoms with Crippen LogP contribution in [-0.2, 0) is 14.3 Å². The quantitative estimate of drug-likeness (QED) is 0.0961. The molecule has 198 valence electrons. The average molecular weight is 479 g/mol. The van der Waals surface area contributed by atoms with E-state index in [1.165, 1.54) is 97.0 Å². The maximum atomic E-state index is 10.9. The van der Waals surface area contributed by atoms with Crippen LogP contribution in [0, 0.1) is 0 Å². The topological polar surface area (TPSA) is 145 Å². The predicted octanol–water partition coefficient (Wildman–Crippen LogP) is 3.04. The fourth-order valence-electron chi connectivity index (χ4n) is 3.36. The van der Waals surface area contributed by atoms with E-state index in [0.717, 1.165) is 6.42 Å². The second-order valence-corrected chi connectivity index (χ2v) is 8.63. The highest BCUT2D eigenvalue weighted by atomic mass is 16.5. The zero-order chi connectivity index (χ0) is 25.3. The van der Waals surface area contributed by atoms with Crippen LogP contribution in [0.2, 0.25) is 0 Å². The Bertz CT molecular complexity index is 433. The van der Waals surface area contributed by atoms with E-state index in [0.29, 0.717) is 6.42 Å². The van der Waals surface area contributed by atoms with Crippen molar-refractivity contribution in [3.63, 3.8) is 0 Å². The number of carbonyl (C=O) groups excluding carboxylic acids is 2. The molecule has 0 fully saturated rings. The van der Waals surface area contributed by atoms with E-state index in [1.54, 1.807) is 0 Å². The number of hydrogen-bond donors (Lipinski definition) is 5. The van der Waals surface area contributed by atoms with Crippen LogP contribution in [0.15, 0.2) is 0 Å². The molecule has 5 N–H and O–H groups in total. The fraction of sp³-hybridized carbons (Fsp3) is 0.920. The molecule has 0 aliphatic carbocycles. The summed E-state index contributed by atoms with van der Waals surface area (Å²) in [6, 6.07) is 0. The monoisotopic (exact) mass is 478 g/mol. The van der Waals surface area contributed by atoms with Crippen LogP contribution < -0.4 is 0 Å². The van der Waals surface area contributed by atoms with Crippen molar-refractivity contribution in [3.05, 3.63) is 0 Å². The summed E-state index contributed by atoms with van der Waals surface area (Å²) in [5, 5.41) is 43.5.